The van der Waals surface area contributed by atoms with Gasteiger partial charge in [-0.15, -0.1) is 0 Å². The lowest BCUT2D eigenvalue weighted by atomic mass is 9.95. The number of benzene rings is 1. The van der Waals surface area contributed by atoms with Crippen LogP contribution in [0.15, 0.2) is 12.1 Å². The van der Waals surface area contributed by atoms with Gasteiger partial charge in [0.1, 0.15) is 0 Å². The maximum atomic E-state index is 12.0. The predicted molar refractivity (Wildman–Crippen MR) is 75.3 cm³/mol. The molecular weight excluding hydrogens is 242 g/mol. The Morgan fingerprint density at radius 2 is 1.95 bits per heavy atom. The molecule has 0 radical (unpaired) electrons. The van der Waals surface area contributed by atoms with Gasteiger partial charge < -0.3 is 16.4 Å². The smallest absolute Gasteiger partial charge is 0.251 e. The van der Waals surface area contributed by atoms with E-state index in [1.165, 1.54) is 6.92 Å². The molecule has 0 saturated carbocycles. The molecule has 1 amide bonds. The summed E-state index contributed by atoms with van der Waals surface area (Å²) in [5, 5.41) is 5.75. The normalized spacial score (nSPS) is 10.3. The van der Waals surface area contributed by atoms with E-state index in [1.807, 2.05) is 14.0 Å². The fourth-order valence-electron chi connectivity index (χ4n) is 2.06. The second-order valence-corrected chi connectivity index (χ2v) is 4.45. The molecule has 0 heterocycles. The molecule has 0 saturated heterocycles. The van der Waals surface area contributed by atoms with E-state index in [1.54, 1.807) is 12.1 Å². The van der Waals surface area contributed by atoms with Gasteiger partial charge in [-0.05, 0) is 44.2 Å². The van der Waals surface area contributed by atoms with Crippen LogP contribution in [0.2, 0.25) is 0 Å². The average Bonchev–Trinajstić information content (AvgIpc) is 2.37. The van der Waals surface area contributed by atoms with Crippen LogP contribution in [0.5, 0.6) is 0 Å². The number of carbonyl (C=O) groups is 2. The predicted octanol–water partition coefficient (Wildman–Crippen LogP) is 0.606. The molecule has 0 atom stereocenters. The summed E-state index contributed by atoms with van der Waals surface area (Å²) in [4.78, 5) is 23.5. The second kappa shape index (κ2) is 7.01. The summed E-state index contributed by atoms with van der Waals surface area (Å²) >= 11 is 0. The van der Waals surface area contributed by atoms with Crippen molar-refractivity contribution in [1.82, 2.24) is 10.6 Å². The highest BCUT2D eigenvalue weighted by molar-refractivity contribution is 6.00. The molecule has 0 aliphatic heterocycles. The number of nitrogens with two attached hydrogens (primary N) is 1. The molecule has 104 valence electrons. The summed E-state index contributed by atoms with van der Waals surface area (Å²) in [5.41, 5.74) is 8.32. The zero-order chi connectivity index (χ0) is 14.4. The van der Waals surface area contributed by atoms with Gasteiger partial charge in [0.2, 0.25) is 0 Å². The largest absolute Gasteiger partial charge is 0.351 e. The molecule has 0 spiro atoms. The number of ketones is 1. The van der Waals surface area contributed by atoms with Gasteiger partial charge >= 0.3 is 0 Å². The van der Waals surface area contributed by atoms with Crippen LogP contribution < -0.4 is 16.4 Å². The number of hydrogen-bond donors (Lipinski definition) is 3. The number of rotatable bonds is 6. The van der Waals surface area contributed by atoms with Crippen LogP contribution in [0.3, 0.4) is 0 Å². The van der Waals surface area contributed by atoms with Crippen LogP contribution in [0.4, 0.5) is 0 Å². The SMILES string of the molecule is CNCCNC(=O)c1cc(C)c(C(C)=O)c(CN)c1. The average molecular weight is 263 g/mol. The number of Topliss-reactive ketones (excluding diaryl/α,β-unsaturated/α-hetero) is 1. The lowest BCUT2D eigenvalue weighted by Gasteiger charge is -2.12. The molecule has 0 aliphatic carbocycles. The number of amides is 1. The van der Waals surface area contributed by atoms with E-state index in [0.29, 0.717) is 29.8 Å². The third-order valence-corrected chi connectivity index (χ3v) is 2.91. The van der Waals surface area contributed by atoms with Gasteiger partial charge in [-0.25, -0.2) is 0 Å². The van der Waals surface area contributed by atoms with E-state index in [2.05, 4.69) is 10.6 Å². The molecule has 4 N–H and O–H groups in total. The Morgan fingerprint density at radius 1 is 1.26 bits per heavy atom. The highest BCUT2D eigenvalue weighted by Gasteiger charge is 2.14. The second-order valence-electron chi connectivity index (χ2n) is 4.45. The Kier molecular flexibility index (Phi) is 5.66. The summed E-state index contributed by atoms with van der Waals surface area (Å²) in [6.45, 7) is 4.84. The van der Waals surface area contributed by atoms with Gasteiger partial charge in [-0.1, -0.05) is 0 Å². The molecule has 19 heavy (non-hydrogen) atoms. The van der Waals surface area contributed by atoms with Crippen molar-refractivity contribution in [1.29, 1.82) is 0 Å². The number of aryl methyl sites for hydroxylation is 1. The Balaban J connectivity index is 3.01. The first kappa shape index (κ1) is 15.3. The topological polar surface area (TPSA) is 84.2 Å². The van der Waals surface area contributed by atoms with Crippen molar-refractivity contribution in [2.24, 2.45) is 5.73 Å². The summed E-state index contributed by atoms with van der Waals surface area (Å²) < 4.78 is 0. The quantitative estimate of drug-likeness (QED) is 0.518. The van der Waals surface area contributed by atoms with Crippen molar-refractivity contribution < 1.29 is 9.59 Å². The monoisotopic (exact) mass is 263 g/mol. The molecule has 1 rings (SSSR count). The van der Waals surface area contributed by atoms with Crippen molar-refractivity contribution in [2.75, 3.05) is 20.1 Å². The van der Waals surface area contributed by atoms with Crippen LogP contribution in [-0.4, -0.2) is 31.8 Å². The van der Waals surface area contributed by atoms with Crippen molar-refractivity contribution in [2.45, 2.75) is 20.4 Å². The van der Waals surface area contributed by atoms with Gasteiger partial charge in [0.05, 0.1) is 0 Å². The molecule has 0 unspecified atom stereocenters. The lowest BCUT2D eigenvalue weighted by molar-refractivity contribution is 0.0951. The number of hydrogen-bond acceptors (Lipinski definition) is 4. The highest BCUT2D eigenvalue weighted by atomic mass is 16.1. The lowest BCUT2D eigenvalue weighted by Crippen LogP contribution is -2.30. The molecule has 5 nitrogen and oxygen atoms in total. The summed E-state index contributed by atoms with van der Waals surface area (Å²) in [6, 6.07) is 3.42. The molecular formula is C14H21N3O2. The van der Waals surface area contributed by atoms with Crippen molar-refractivity contribution in [3.63, 3.8) is 0 Å². The van der Waals surface area contributed by atoms with Crippen molar-refractivity contribution in [3.05, 3.63) is 34.4 Å². The van der Waals surface area contributed by atoms with E-state index >= 15 is 0 Å². The maximum absolute atomic E-state index is 12.0. The molecule has 0 aromatic heterocycles. The zero-order valence-corrected chi connectivity index (χ0v) is 11.7. The summed E-state index contributed by atoms with van der Waals surface area (Å²) in [6.07, 6.45) is 0. The number of likely N-dealkylation sites (N-methyl/N-ethyl adjacent to an activating group) is 1. The molecule has 0 aliphatic rings. The van der Waals surface area contributed by atoms with Gasteiger partial charge in [-0.2, -0.15) is 0 Å². The van der Waals surface area contributed by atoms with Gasteiger partial charge in [-0.3, -0.25) is 9.59 Å². The first-order valence-electron chi connectivity index (χ1n) is 6.28. The summed E-state index contributed by atoms with van der Waals surface area (Å²) in [7, 11) is 1.82. The molecule has 1 aromatic carbocycles. The Bertz CT molecular complexity index is 484. The third kappa shape index (κ3) is 3.87. The minimum Gasteiger partial charge on any atom is -0.351 e. The number of carbonyl (C=O) groups excluding carboxylic acids is 2. The van der Waals surface area contributed by atoms with Crippen molar-refractivity contribution >= 4 is 11.7 Å². The fourth-order valence-corrected chi connectivity index (χ4v) is 2.06. The molecule has 0 bridgehead atoms. The first-order valence-corrected chi connectivity index (χ1v) is 6.28. The first-order chi connectivity index (χ1) is 9.01. The van der Waals surface area contributed by atoms with Gasteiger partial charge in [0.25, 0.3) is 5.91 Å². The third-order valence-electron chi connectivity index (χ3n) is 2.91. The van der Waals surface area contributed by atoms with Gasteiger partial charge in [0, 0.05) is 30.8 Å². The van der Waals surface area contributed by atoms with E-state index in [0.717, 1.165) is 5.56 Å². The van der Waals surface area contributed by atoms with Crippen LogP contribution >= 0.6 is 0 Å². The Hall–Kier alpha value is -1.72. The Morgan fingerprint density at radius 3 is 2.47 bits per heavy atom. The minimum absolute atomic E-state index is 0.0277. The standard InChI is InChI=1S/C14H21N3O2/c1-9-6-11(14(19)17-5-4-16-3)7-12(8-15)13(9)10(2)18/h6-7,16H,4-5,8,15H2,1-3H3,(H,17,19). The van der Waals surface area contributed by atoms with E-state index in [9.17, 15) is 9.59 Å². The summed E-state index contributed by atoms with van der Waals surface area (Å²) in [5.74, 6) is -0.178. The van der Waals surface area contributed by atoms with E-state index < -0.39 is 0 Å². The number of nitrogens with one attached hydrogen (secondary N) is 2. The van der Waals surface area contributed by atoms with Crippen molar-refractivity contribution in [3.8, 4) is 0 Å². The highest BCUT2D eigenvalue weighted by Crippen LogP contribution is 2.18. The van der Waals surface area contributed by atoms with Crippen LogP contribution in [0.25, 0.3) is 0 Å². The van der Waals surface area contributed by atoms with Crippen LogP contribution in [0, 0.1) is 6.92 Å². The molecule has 5 heteroatoms. The molecule has 1 aromatic rings. The molecule has 0 fully saturated rings. The van der Waals surface area contributed by atoms with E-state index in [-0.39, 0.29) is 18.2 Å². The van der Waals surface area contributed by atoms with Crippen LogP contribution in [-0.2, 0) is 6.54 Å². The Labute approximate surface area is 113 Å². The van der Waals surface area contributed by atoms with Crippen LogP contribution in [0.1, 0.15) is 38.8 Å². The fraction of sp³-hybridized carbons (Fsp3) is 0.429. The maximum Gasteiger partial charge on any atom is 0.251 e. The zero-order valence-electron chi connectivity index (χ0n) is 11.7. The minimum atomic E-state index is -0.150. The van der Waals surface area contributed by atoms with Gasteiger partial charge in [0.15, 0.2) is 5.78 Å². The van der Waals surface area contributed by atoms with E-state index in [4.69, 9.17) is 5.73 Å².